The average molecular weight is 170 g/mol. The number of hydrogen-bond donors (Lipinski definition) is 2. The summed E-state index contributed by atoms with van der Waals surface area (Å²) in [4.78, 5) is 20.5. The van der Waals surface area contributed by atoms with Crippen molar-refractivity contribution in [2.75, 3.05) is 0 Å². The van der Waals surface area contributed by atoms with Crippen LogP contribution in [0.5, 0.6) is 0 Å². The molecule has 0 amide bonds. The van der Waals surface area contributed by atoms with Crippen molar-refractivity contribution >= 4 is 11.9 Å². The van der Waals surface area contributed by atoms with E-state index in [1.165, 1.54) is 6.08 Å². The summed E-state index contributed by atoms with van der Waals surface area (Å²) in [6.07, 6.45) is 4.19. The van der Waals surface area contributed by atoms with E-state index in [9.17, 15) is 9.59 Å². The molecule has 0 rings (SSSR count). The van der Waals surface area contributed by atoms with Gasteiger partial charge in [-0.3, -0.25) is 0 Å². The van der Waals surface area contributed by atoms with Crippen LogP contribution in [0.4, 0.5) is 0 Å². The maximum atomic E-state index is 10.4. The van der Waals surface area contributed by atoms with Crippen molar-refractivity contribution in [3.63, 3.8) is 0 Å². The van der Waals surface area contributed by atoms with Gasteiger partial charge in [-0.05, 0) is 6.42 Å². The molecule has 2 N–H and O–H groups in total. The highest BCUT2D eigenvalue weighted by Gasteiger charge is 2.04. The molecule has 0 fully saturated rings. The summed E-state index contributed by atoms with van der Waals surface area (Å²) >= 11 is 0. The van der Waals surface area contributed by atoms with Crippen molar-refractivity contribution in [1.29, 1.82) is 0 Å². The molecule has 0 aromatic rings. The smallest absolute Gasteiger partial charge is 0.335 e. The average Bonchev–Trinajstić information content (AvgIpc) is 1.96. The molecule has 0 radical (unpaired) electrons. The van der Waals surface area contributed by atoms with Crippen molar-refractivity contribution < 1.29 is 19.8 Å². The van der Waals surface area contributed by atoms with Gasteiger partial charge in [0.1, 0.15) is 0 Å². The van der Waals surface area contributed by atoms with Gasteiger partial charge in [-0.2, -0.15) is 0 Å². The predicted octanol–water partition coefficient (Wildman–Crippen LogP) is 1.05. The minimum Gasteiger partial charge on any atom is -0.478 e. The van der Waals surface area contributed by atoms with E-state index in [0.29, 0.717) is 12.5 Å². The zero-order valence-corrected chi connectivity index (χ0v) is 6.65. The molecule has 4 heteroatoms. The highest BCUT2D eigenvalue weighted by molar-refractivity contribution is 5.96. The van der Waals surface area contributed by atoms with Crippen molar-refractivity contribution in [1.82, 2.24) is 0 Å². The van der Waals surface area contributed by atoms with Crippen LogP contribution >= 0.6 is 0 Å². The molecule has 0 saturated carbocycles. The number of aliphatic carboxylic acids is 2. The quantitative estimate of drug-likeness (QED) is 0.488. The zero-order chi connectivity index (χ0) is 9.56. The van der Waals surface area contributed by atoms with Crippen LogP contribution < -0.4 is 0 Å². The van der Waals surface area contributed by atoms with Gasteiger partial charge in [0.15, 0.2) is 0 Å². The molecule has 0 spiro atoms. The second-order valence-electron chi connectivity index (χ2n) is 2.05. The van der Waals surface area contributed by atoms with Crippen molar-refractivity contribution in [2.24, 2.45) is 0 Å². The minimum absolute atomic E-state index is 0.218. The van der Waals surface area contributed by atoms with Gasteiger partial charge in [0.2, 0.25) is 0 Å². The lowest BCUT2D eigenvalue weighted by Crippen LogP contribution is -2.01. The number of hydrogen-bond acceptors (Lipinski definition) is 2. The second-order valence-corrected chi connectivity index (χ2v) is 2.05. The van der Waals surface area contributed by atoms with Gasteiger partial charge in [-0.15, -0.1) is 0 Å². The number of carbonyl (C=O) groups is 2. The lowest BCUT2D eigenvalue weighted by atomic mass is 10.2. The van der Waals surface area contributed by atoms with E-state index in [1.54, 1.807) is 6.08 Å². The fraction of sp³-hybridized carbons (Fsp3) is 0.250. The second kappa shape index (κ2) is 5.12. The lowest BCUT2D eigenvalue weighted by Gasteiger charge is -1.90. The Kier molecular flexibility index (Phi) is 4.45. The topological polar surface area (TPSA) is 74.6 Å². The Hall–Kier alpha value is -1.58. The Balaban J connectivity index is 4.55. The molecule has 0 aliphatic rings. The number of carboxylic acid groups (broad SMARTS) is 2. The zero-order valence-electron chi connectivity index (χ0n) is 6.65. The molecule has 0 aliphatic carbocycles. The molecule has 0 aromatic heterocycles. The number of allylic oxidation sites excluding steroid dienone is 1. The predicted molar refractivity (Wildman–Crippen MR) is 42.8 cm³/mol. The standard InChI is InChI=1S/C8H10O4/c1-2-3-4-6(8(11)12)5-7(9)10/h3-5H,2H2,1H3,(H,9,10)(H,11,12)/b4-3-,6-5-. The van der Waals surface area contributed by atoms with Crippen molar-refractivity contribution in [3.8, 4) is 0 Å². The third kappa shape index (κ3) is 4.27. The van der Waals surface area contributed by atoms with Crippen LogP contribution in [-0.4, -0.2) is 22.2 Å². The molecule has 0 unspecified atom stereocenters. The molecular formula is C8H10O4. The first-order chi connectivity index (χ1) is 5.57. The Morgan fingerprint density at radius 2 is 1.92 bits per heavy atom. The van der Waals surface area contributed by atoms with Crippen LogP contribution in [0.15, 0.2) is 23.8 Å². The van der Waals surface area contributed by atoms with E-state index in [1.807, 2.05) is 6.92 Å². The molecule has 0 aromatic carbocycles. The van der Waals surface area contributed by atoms with Crippen LogP contribution in [0.3, 0.4) is 0 Å². The first-order valence-corrected chi connectivity index (χ1v) is 3.42. The van der Waals surface area contributed by atoms with E-state index < -0.39 is 11.9 Å². The van der Waals surface area contributed by atoms with Crippen LogP contribution in [0, 0.1) is 0 Å². The first kappa shape index (κ1) is 10.4. The summed E-state index contributed by atoms with van der Waals surface area (Å²) in [5.41, 5.74) is -0.218. The highest BCUT2D eigenvalue weighted by atomic mass is 16.4. The fourth-order valence-electron chi connectivity index (χ4n) is 0.559. The Bertz CT molecular complexity index is 237. The van der Waals surface area contributed by atoms with E-state index in [-0.39, 0.29) is 5.57 Å². The Labute approximate surface area is 69.8 Å². The summed E-state index contributed by atoms with van der Waals surface area (Å²) in [5.74, 6) is -2.49. The largest absolute Gasteiger partial charge is 0.478 e. The van der Waals surface area contributed by atoms with Gasteiger partial charge in [0.05, 0.1) is 5.57 Å². The molecule has 0 atom stereocenters. The number of rotatable bonds is 4. The molecule has 0 saturated heterocycles. The Morgan fingerprint density at radius 3 is 2.25 bits per heavy atom. The molecule has 0 bridgehead atoms. The summed E-state index contributed by atoms with van der Waals surface area (Å²) in [6.45, 7) is 1.83. The third-order valence-corrected chi connectivity index (χ3v) is 1.06. The van der Waals surface area contributed by atoms with Crippen LogP contribution in [-0.2, 0) is 9.59 Å². The van der Waals surface area contributed by atoms with Gasteiger partial charge in [-0.25, -0.2) is 9.59 Å². The summed E-state index contributed by atoms with van der Waals surface area (Å²) < 4.78 is 0. The van der Waals surface area contributed by atoms with Crippen molar-refractivity contribution in [2.45, 2.75) is 13.3 Å². The third-order valence-electron chi connectivity index (χ3n) is 1.06. The molecule has 4 nitrogen and oxygen atoms in total. The summed E-state index contributed by atoms with van der Waals surface area (Å²) in [5, 5.41) is 16.7. The molecule has 12 heavy (non-hydrogen) atoms. The normalized spacial score (nSPS) is 11.9. The maximum absolute atomic E-state index is 10.4. The van der Waals surface area contributed by atoms with Crippen molar-refractivity contribution in [3.05, 3.63) is 23.8 Å². The molecular weight excluding hydrogens is 160 g/mol. The molecule has 66 valence electrons. The molecule has 0 heterocycles. The summed E-state index contributed by atoms with van der Waals surface area (Å²) in [6, 6.07) is 0. The maximum Gasteiger partial charge on any atom is 0.335 e. The van der Waals surface area contributed by atoms with Crippen LogP contribution in [0.2, 0.25) is 0 Å². The van der Waals surface area contributed by atoms with Crippen LogP contribution in [0.25, 0.3) is 0 Å². The van der Waals surface area contributed by atoms with Gasteiger partial charge < -0.3 is 10.2 Å². The molecule has 0 aliphatic heterocycles. The van der Waals surface area contributed by atoms with E-state index in [4.69, 9.17) is 10.2 Å². The van der Waals surface area contributed by atoms with Gasteiger partial charge in [0, 0.05) is 6.08 Å². The van der Waals surface area contributed by atoms with E-state index in [2.05, 4.69) is 0 Å². The van der Waals surface area contributed by atoms with E-state index in [0.717, 1.165) is 0 Å². The van der Waals surface area contributed by atoms with Gasteiger partial charge in [-0.1, -0.05) is 19.1 Å². The lowest BCUT2D eigenvalue weighted by molar-refractivity contribution is -0.134. The SMILES string of the molecule is CC/C=C\C(=C\C(=O)O)C(=O)O. The van der Waals surface area contributed by atoms with Crippen LogP contribution in [0.1, 0.15) is 13.3 Å². The highest BCUT2D eigenvalue weighted by Crippen LogP contribution is 1.98. The van der Waals surface area contributed by atoms with Gasteiger partial charge in [0.25, 0.3) is 0 Å². The first-order valence-electron chi connectivity index (χ1n) is 3.42. The Morgan fingerprint density at radius 1 is 1.33 bits per heavy atom. The van der Waals surface area contributed by atoms with E-state index >= 15 is 0 Å². The van der Waals surface area contributed by atoms with Gasteiger partial charge >= 0.3 is 11.9 Å². The fourth-order valence-corrected chi connectivity index (χ4v) is 0.559. The summed E-state index contributed by atoms with van der Waals surface area (Å²) in [7, 11) is 0. The number of carboxylic acids is 2. The minimum atomic E-state index is -1.26. The monoisotopic (exact) mass is 170 g/mol.